The minimum atomic E-state index is -0.151. The van der Waals surface area contributed by atoms with Crippen molar-refractivity contribution in [2.24, 2.45) is 5.92 Å². The predicted molar refractivity (Wildman–Crippen MR) is 75.9 cm³/mol. The van der Waals surface area contributed by atoms with E-state index in [1.807, 2.05) is 6.07 Å². The molecule has 0 heterocycles. The zero-order chi connectivity index (χ0) is 13.9. The molecule has 2 aliphatic rings. The number of carbonyl (C=O) groups excluding carboxylic acids is 1. The molecular weight excluding hydrogens is 255 g/mol. The van der Waals surface area contributed by atoms with Gasteiger partial charge in [-0.2, -0.15) is 0 Å². The van der Waals surface area contributed by atoms with E-state index in [1.165, 1.54) is 6.07 Å². The number of nitrogens with one attached hydrogen (secondary N) is 2. The van der Waals surface area contributed by atoms with Gasteiger partial charge in [-0.15, -0.1) is 0 Å². The molecule has 2 N–H and O–H groups in total. The lowest BCUT2D eigenvalue weighted by Gasteiger charge is -2.36. The van der Waals surface area contributed by atoms with Gasteiger partial charge in [0.15, 0.2) is 0 Å². The summed E-state index contributed by atoms with van der Waals surface area (Å²) in [4.78, 5) is 11.4. The molecule has 20 heavy (non-hydrogen) atoms. The van der Waals surface area contributed by atoms with E-state index < -0.39 is 0 Å². The van der Waals surface area contributed by atoms with Crippen LogP contribution in [0.25, 0.3) is 0 Å². The van der Waals surface area contributed by atoms with Crippen molar-refractivity contribution in [1.29, 1.82) is 0 Å². The van der Waals surface area contributed by atoms with Gasteiger partial charge in [0.05, 0.1) is 0 Å². The summed E-state index contributed by atoms with van der Waals surface area (Å²) in [7, 11) is 0. The minimum Gasteiger partial charge on any atom is -0.355 e. The molecular formula is C16H21FN2O. The molecule has 108 valence electrons. The number of amides is 1. The number of carbonyl (C=O) groups is 1. The summed E-state index contributed by atoms with van der Waals surface area (Å²) >= 11 is 0. The van der Waals surface area contributed by atoms with Gasteiger partial charge in [-0.1, -0.05) is 12.1 Å². The van der Waals surface area contributed by atoms with Crippen LogP contribution in [0.5, 0.6) is 0 Å². The molecule has 4 heteroatoms. The lowest BCUT2D eigenvalue weighted by Crippen LogP contribution is -2.43. The first-order valence-electron chi connectivity index (χ1n) is 7.49. The van der Waals surface area contributed by atoms with Crippen LogP contribution in [0.3, 0.4) is 0 Å². The average molecular weight is 276 g/mol. The summed E-state index contributed by atoms with van der Waals surface area (Å²) in [5, 5.41) is 6.39. The third kappa shape index (κ3) is 3.37. The molecule has 0 spiro atoms. The Labute approximate surface area is 118 Å². The lowest BCUT2D eigenvalue weighted by atomic mass is 9.76. The Kier molecular flexibility index (Phi) is 4.01. The summed E-state index contributed by atoms with van der Waals surface area (Å²) in [5.74, 6) is 0.819. The van der Waals surface area contributed by atoms with Crippen LogP contribution in [0.4, 0.5) is 4.39 Å². The van der Waals surface area contributed by atoms with Crippen LogP contribution in [0.15, 0.2) is 24.3 Å². The SMILES string of the molecule is O=C(NCCNC1CC(c2cccc(F)c2)C1)C1CC1. The summed E-state index contributed by atoms with van der Waals surface area (Å²) in [5.41, 5.74) is 1.10. The maximum atomic E-state index is 13.1. The van der Waals surface area contributed by atoms with E-state index in [0.29, 0.717) is 18.5 Å². The largest absolute Gasteiger partial charge is 0.355 e. The third-order valence-electron chi connectivity index (χ3n) is 4.26. The predicted octanol–water partition coefficient (Wildman–Crippen LogP) is 2.19. The highest BCUT2D eigenvalue weighted by atomic mass is 19.1. The summed E-state index contributed by atoms with van der Waals surface area (Å²) in [6, 6.07) is 7.40. The maximum absolute atomic E-state index is 13.1. The highest BCUT2D eigenvalue weighted by molar-refractivity contribution is 5.80. The Bertz CT molecular complexity index is 481. The van der Waals surface area contributed by atoms with Crippen molar-refractivity contribution < 1.29 is 9.18 Å². The van der Waals surface area contributed by atoms with Gasteiger partial charge in [0.1, 0.15) is 5.82 Å². The smallest absolute Gasteiger partial charge is 0.223 e. The molecule has 0 aliphatic heterocycles. The Morgan fingerprint density at radius 1 is 1.25 bits per heavy atom. The molecule has 0 atom stereocenters. The number of hydrogen-bond acceptors (Lipinski definition) is 2. The second-order valence-electron chi connectivity index (χ2n) is 5.94. The lowest BCUT2D eigenvalue weighted by molar-refractivity contribution is -0.122. The highest BCUT2D eigenvalue weighted by Gasteiger charge is 2.31. The van der Waals surface area contributed by atoms with E-state index in [1.54, 1.807) is 12.1 Å². The molecule has 3 rings (SSSR count). The van der Waals surface area contributed by atoms with Gasteiger partial charge in [-0.3, -0.25) is 4.79 Å². The van der Waals surface area contributed by atoms with Crippen LogP contribution in [-0.2, 0) is 4.79 Å². The van der Waals surface area contributed by atoms with Crippen LogP contribution >= 0.6 is 0 Å². The van der Waals surface area contributed by atoms with E-state index in [4.69, 9.17) is 0 Å². The van der Waals surface area contributed by atoms with Crippen molar-refractivity contribution in [2.45, 2.75) is 37.6 Å². The first-order valence-corrected chi connectivity index (χ1v) is 7.49. The van der Waals surface area contributed by atoms with Gasteiger partial charge < -0.3 is 10.6 Å². The third-order valence-corrected chi connectivity index (χ3v) is 4.26. The number of benzene rings is 1. The van der Waals surface area contributed by atoms with Gasteiger partial charge in [-0.05, 0) is 49.3 Å². The number of rotatable bonds is 6. The maximum Gasteiger partial charge on any atom is 0.223 e. The molecule has 1 aromatic rings. The minimum absolute atomic E-state index is 0.151. The monoisotopic (exact) mass is 276 g/mol. The molecule has 0 radical (unpaired) electrons. The van der Waals surface area contributed by atoms with Gasteiger partial charge in [0, 0.05) is 25.0 Å². The Balaban J connectivity index is 1.31. The fraction of sp³-hybridized carbons (Fsp3) is 0.562. The van der Waals surface area contributed by atoms with Crippen LogP contribution in [0, 0.1) is 11.7 Å². The normalized spacial score (nSPS) is 25.1. The molecule has 0 unspecified atom stereocenters. The Hall–Kier alpha value is -1.42. The molecule has 0 saturated heterocycles. The molecule has 2 saturated carbocycles. The van der Waals surface area contributed by atoms with Crippen LogP contribution < -0.4 is 10.6 Å². The number of hydrogen-bond donors (Lipinski definition) is 2. The van der Waals surface area contributed by atoms with E-state index in [0.717, 1.165) is 37.8 Å². The topological polar surface area (TPSA) is 41.1 Å². The second-order valence-corrected chi connectivity index (χ2v) is 5.94. The Morgan fingerprint density at radius 2 is 2.05 bits per heavy atom. The fourth-order valence-corrected chi connectivity index (χ4v) is 2.77. The van der Waals surface area contributed by atoms with E-state index in [-0.39, 0.29) is 17.6 Å². The molecule has 0 aromatic heterocycles. The van der Waals surface area contributed by atoms with Crippen molar-refractivity contribution in [3.63, 3.8) is 0 Å². The second kappa shape index (κ2) is 5.92. The zero-order valence-electron chi connectivity index (χ0n) is 11.6. The van der Waals surface area contributed by atoms with Crippen molar-refractivity contribution in [3.05, 3.63) is 35.6 Å². The van der Waals surface area contributed by atoms with Crippen LogP contribution in [0.2, 0.25) is 0 Å². The van der Waals surface area contributed by atoms with E-state index in [2.05, 4.69) is 10.6 Å². The average Bonchev–Trinajstić information content (AvgIpc) is 3.20. The van der Waals surface area contributed by atoms with Crippen LogP contribution in [0.1, 0.15) is 37.2 Å². The molecule has 1 amide bonds. The fourth-order valence-electron chi connectivity index (χ4n) is 2.77. The first kappa shape index (κ1) is 13.6. The number of halogens is 1. The first-order chi connectivity index (χ1) is 9.72. The zero-order valence-corrected chi connectivity index (χ0v) is 11.6. The van der Waals surface area contributed by atoms with E-state index >= 15 is 0 Å². The summed E-state index contributed by atoms with van der Waals surface area (Å²) in [6.45, 7) is 1.52. The molecule has 0 bridgehead atoms. The molecule has 3 nitrogen and oxygen atoms in total. The molecule has 2 fully saturated rings. The summed E-state index contributed by atoms with van der Waals surface area (Å²) < 4.78 is 13.1. The molecule has 1 aromatic carbocycles. The summed E-state index contributed by atoms with van der Waals surface area (Å²) in [6.07, 6.45) is 4.22. The van der Waals surface area contributed by atoms with Crippen molar-refractivity contribution in [3.8, 4) is 0 Å². The standard InChI is InChI=1S/C16H21FN2O/c17-14-3-1-2-12(8-14)13-9-15(10-13)18-6-7-19-16(20)11-4-5-11/h1-3,8,11,13,15,18H,4-7,9-10H2,(H,19,20). The van der Waals surface area contributed by atoms with Crippen LogP contribution in [-0.4, -0.2) is 25.0 Å². The molecule has 2 aliphatic carbocycles. The highest BCUT2D eigenvalue weighted by Crippen LogP contribution is 2.36. The van der Waals surface area contributed by atoms with E-state index in [9.17, 15) is 9.18 Å². The van der Waals surface area contributed by atoms with Gasteiger partial charge >= 0.3 is 0 Å². The van der Waals surface area contributed by atoms with Crippen molar-refractivity contribution in [2.75, 3.05) is 13.1 Å². The van der Waals surface area contributed by atoms with Gasteiger partial charge in [0.25, 0.3) is 0 Å². The van der Waals surface area contributed by atoms with Crippen molar-refractivity contribution >= 4 is 5.91 Å². The van der Waals surface area contributed by atoms with Gasteiger partial charge in [-0.25, -0.2) is 4.39 Å². The van der Waals surface area contributed by atoms with Crippen molar-refractivity contribution in [1.82, 2.24) is 10.6 Å². The van der Waals surface area contributed by atoms with Gasteiger partial charge in [0.2, 0.25) is 5.91 Å². The quantitative estimate of drug-likeness (QED) is 0.782. The Morgan fingerprint density at radius 3 is 2.75 bits per heavy atom.